The number of rotatable bonds is 7. The second-order valence-corrected chi connectivity index (χ2v) is 13.1. The van der Waals surface area contributed by atoms with E-state index < -0.39 is 0 Å². The topological polar surface area (TPSA) is 90.5 Å². The Bertz CT molecular complexity index is 2920. The average molecular weight is 707 g/mol. The van der Waals surface area contributed by atoms with E-state index >= 15 is 0 Å². The second kappa shape index (κ2) is 13.7. The normalized spacial score (nSPS) is 11.3. The van der Waals surface area contributed by atoms with Crippen LogP contribution in [0.25, 0.3) is 101 Å². The average Bonchev–Trinajstić information content (AvgIpc) is 3.66. The fourth-order valence-electron chi connectivity index (χ4n) is 7.05. The third-order valence-corrected chi connectivity index (χ3v) is 9.64. The summed E-state index contributed by atoms with van der Waals surface area (Å²) in [5.74, 6) is 3.29. The summed E-state index contributed by atoms with van der Waals surface area (Å²) in [5.41, 5.74) is 8.78. The van der Waals surface area contributed by atoms with E-state index in [-0.39, 0.29) is 0 Å². The Morgan fingerprint density at radius 2 is 0.600 bits per heavy atom. The van der Waals surface area contributed by atoms with Crippen molar-refractivity contribution in [2.24, 2.45) is 0 Å². The first-order chi connectivity index (χ1) is 27.3. The Morgan fingerprint density at radius 3 is 1.11 bits per heavy atom. The van der Waals surface area contributed by atoms with Crippen LogP contribution in [-0.4, -0.2) is 29.9 Å². The lowest BCUT2D eigenvalue weighted by Gasteiger charge is -2.14. The Morgan fingerprint density at radius 1 is 0.255 bits per heavy atom. The quantitative estimate of drug-likeness (QED) is 0.163. The van der Waals surface area contributed by atoms with Gasteiger partial charge in [0.05, 0.1) is 0 Å². The molecule has 7 heteroatoms. The van der Waals surface area contributed by atoms with Gasteiger partial charge in [0.2, 0.25) is 0 Å². The summed E-state index contributed by atoms with van der Waals surface area (Å²) >= 11 is 0. The predicted molar refractivity (Wildman–Crippen MR) is 219 cm³/mol. The van der Waals surface area contributed by atoms with Gasteiger partial charge in [-0.2, -0.15) is 0 Å². The maximum atomic E-state index is 6.28. The van der Waals surface area contributed by atoms with Crippen molar-refractivity contribution in [3.63, 3.8) is 0 Å². The first-order valence-electron chi connectivity index (χ1n) is 18.0. The molecule has 0 radical (unpaired) electrons. The smallest absolute Gasteiger partial charge is 0.164 e. The number of para-hydroxylation sites is 1. The lowest BCUT2D eigenvalue weighted by atomic mass is 9.95. The summed E-state index contributed by atoms with van der Waals surface area (Å²) in [6.45, 7) is 0. The number of hydrogen-bond donors (Lipinski definition) is 0. The van der Waals surface area contributed by atoms with E-state index in [1.54, 1.807) is 0 Å². The lowest BCUT2D eigenvalue weighted by molar-refractivity contribution is 0.669. The van der Waals surface area contributed by atoms with Gasteiger partial charge in [0, 0.05) is 44.2 Å². The van der Waals surface area contributed by atoms with Gasteiger partial charge in [0.1, 0.15) is 11.2 Å². The molecule has 0 aliphatic carbocycles. The number of benzene rings is 7. The molecule has 0 N–H and O–H groups in total. The summed E-state index contributed by atoms with van der Waals surface area (Å²) in [6.07, 6.45) is 0. The largest absolute Gasteiger partial charge is 0.456 e. The molecule has 3 aromatic heterocycles. The lowest BCUT2D eigenvalue weighted by Crippen LogP contribution is -2.04. The van der Waals surface area contributed by atoms with Crippen LogP contribution in [0.15, 0.2) is 186 Å². The van der Waals surface area contributed by atoms with Gasteiger partial charge in [-0.25, -0.2) is 29.9 Å². The highest BCUT2D eigenvalue weighted by Gasteiger charge is 2.21. The van der Waals surface area contributed by atoms with E-state index in [0.29, 0.717) is 34.9 Å². The van der Waals surface area contributed by atoms with E-state index in [0.717, 1.165) is 66.4 Å². The van der Waals surface area contributed by atoms with Gasteiger partial charge in [-0.3, -0.25) is 0 Å². The third kappa shape index (κ3) is 5.99. The van der Waals surface area contributed by atoms with Crippen molar-refractivity contribution in [1.29, 1.82) is 0 Å². The molecule has 7 nitrogen and oxygen atoms in total. The van der Waals surface area contributed by atoms with Crippen LogP contribution >= 0.6 is 0 Å². The Balaban J connectivity index is 1.19. The maximum Gasteiger partial charge on any atom is 0.164 e. The maximum absolute atomic E-state index is 6.28. The van der Waals surface area contributed by atoms with Crippen LogP contribution in [0, 0.1) is 0 Å². The molecule has 0 atom stereocenters. The summed E-state index contributed by atoms with van der Waals surface area (Å²) in [6, 6.07) is 60.5. The number of nitrogens with zero attached hydrogens (tertiary/aromatic N) is 6. The highest BCUT2D eigenvalue weighted by atomic mass is 16.3. The van der Waals surface area contributed by atoms with Crippen molar-refractivity contribution < 1.29 is 4.42 Å². The van der Waals surface area contributed by atoms with Crippen LogP contribution in [0.4, 0.5) is 0 Å². The zero-order valence-corrected chi connectivity index (χ0v) is 29.4. The molecule has 0 saturated heterocycles. The van der Waals surface area contributed by atoms with Crippen molar-refractivity contribution in [3.8, 4) is 79.5 Å². The molecule has 0 saturated carbocycles. The SMILES string of the molecule is c1ccc(-c2nc(-c3ccccc3)nc(-c3ccccc3-c3nc(-c4ccccc4)nc(-c4ccccc4-c4cccc5oc6ccccc6c45)n3)n2)cc1. The van der Waals surface area contributed by atoms with E-state index in [2.05, 4.69) is 24.3 Å². The summed E-state index contributed by atoms with van der Waals surface area (Å²) in [4.78, 5) is 30.5. The number of furan rings is 1. The summed E-state index contributed by atoms with van der Waals surface area (Å²) in [5, 5.41) is 2.10. The zero-order chi connectivity index (χ0) is 36.6. The van der Waals surface area contributed by atoms with Gasteiger partial charge in [0.25, 0.3) is 0 Å². The van der Waals surface area contributed by atoms with E-state index in [1.165, 1.54) is 0 Å². The first-order valence-corrected chi connectivity index (χ1v) is 18.0. The molecule has 10 rings (SSSR count). The Labute approximate surface area is 316 Å². The third-order valence-electron chi connectivity index (χ3n) is 9.64. The highest BCUT2D eigenvalue weighted by molar-refractivity contribution is 6.13. The zero-order valence-electron chi connectivity index (χ0n) is 29.4. The molecule has 3 heterocycles. The number of hydrogen-bond acceptors (Lipinski definition) is 7. The molecule has 0 aliphatic rings. The van der Waals surface area contributed by atoms with Gasteiger partial charge >= 0.3 is 0 Å². The minimum Gasteiger partial charge on any atom is -0.456 e. The molecule has 55 heavy (non-hydrogen) atoms. The minimum atomic E-state index is 0.504. The monoisotopic (exact) mass is 706 g/mol. The molecule has 0 aliphatic heterocycles. The van der Waals surface area contributed by atoms with E-state index in [9.17, 15) is 0 Å². The fourth-order valence-corrected chi connectivity index (χ4v) is 7.05. The Kier molecular flexibility index (Phi) is 8.00. The van der Waals surface area contributed by atoms with E-state index in [4.69, 9.17) is 34.3 Å². The van der Waals surface area contributed by atoms with Gasteiger partial charge in [-0.05, 0) is 23.3 Å². The summed E-state index contributed by atoms with van der Waals surface area (Å²) < 4.78 is 6.28. The molecule has 0 amide bonds. The molecular weight excluding hydrogens is 677 g/mol. The van der Waals surface area contributed by atoms with Gasteiger partial charge in [-0.1, -0.05) is 170 Å². The van der Waals surface area contributed by atoms with Crippen molar-refractivity contribution in [2.45, 2.75) is 0 Å². The van der Waals surface area contributed by atoms with Gasteiger partial charge < -0.3 is 4.42 Å². The minimum absolute atomic E-state index is 0.504. The van der Waals surface area contributed by atoms with Crippen LogP contribution in [0.2, 0.25) is 0 Å². The van der Waals surface area contributed by atoms with Gasteiger partial charge in [-0.15, -0.1) is 0 Å². The highest BCUT2D eigenvalue weighted by Crippen LogP contribution is 2.41. The van der Waals surface area contributed by atoms with Crippen LogP contribution in [0.5, 0.6) is 0 Å². The fraction of sp³-hybridized carbons (Fsp3) is 0. The number of fused-ring (bicyclic) bond motifs is 3. The van der Waals surface area contributed by atoms with E-state index in [1.807, 2.05) is 158 Å². The molecular formula is C48H30N6O. The van der Waals surface area contributed by atoms with Crippen LogP contribution in [0.3, 0.4) is 0 Å². The summed E-state index contributed by atoms with van der Waals surface area (Å²) in [7, 11) is 0. The van der Waals surface area contributed by atoms with Crippen molar-refractivity contribution in [1.82, 2.24) is 29.9 Å². The van der Waals surface area contributed by atoms with Gasteiger partial charge in [0.15, 0.2) is 34.9 Å². The standard InChI is InChI=1S/C48H30N6O/c1-4-17-31(18-5-1)43-49-44(32-19-6-2-7-20-32)51-47(50-43)37-25-12-13-26-38(37)48-53-45(33-21-8-3-9-22-33)52-46(54-48)36-24-11-10-23-34(36)35-28-16-30-41-42(35)39-27-14-15-29-40(39)55-41/h1-30H. The Hall–Kier alpha value is -7.64. The molecule has 0 bridgehead atoms. The molecule has 0 spiro atoms. The first kappa shape index (κ1) is 32.0. The van der Waals surface area contributed by atoms with Crippen LogP contribution in [-0.2, 0) is 0 Å². The molecule has 0 fully saturated rings. The molecule has 10 aromatic rings. The predicted octanol–water partition coefficient (Wildman–Crippen LogP) is 11.6. The number of aromatic nitrogens is 6. The molecule has 0 unspecified atom stereocenters. The van der Waals surface area contributed by atoms with Crippen molar-refractivity contribution in [3.05, 3.63) is 182 Å². The van der Waals surface area contributed by atoms with Crippen LogP contribution in [0.1, 0.15) is 0 Å². The van der Waals surface area contributed by atoms with Crippen molar-refractivity contribution in [2.75, 3.05) is 0 Å². The second-order valence-electron chi connectivity index (χ2n) is 13.1. The molecule has 258 valence electrons. The van der Waals surface area contributed by atoms with Crippen molar-refractivity contribution >= 4 is 21.9 Å². The van der Waals surface area contributed by atoms with Crippen LogP contribution < -0.4 is 0 Å². The molecule has 7 aromatic carbocycles.